The van der Waals surface area contributed by atoms with Gasteiger partial charge in [-0.25, -0.2) is 0 Å². The first-order valence-electron chi connectivity index (χ1n) is 9.50. The van der Waals surface area contributed by atoms with Crippen LogP contribution in [0.4, 0.5) is 5.69 Å². The van der Waals surface area contributed by atoms with Gasteiger partial charge in [0.25, 0.3) is 0 Å². The SMILES string of the molecule is c1ccc(OCCOc2ccccc2CNc2cccc3ccccc23)cc1. The van der Waals surface area contributed by atoms with E-state index in [1.807, 2.05) is 48.5 Å². The molecule has 0 aliphatic heterocycles. The second kappa shape index (κ2) is 8.96. The largest absolute Gasteiger partial charge is 0.490 e. The number of nitrogens with one attached hydrogen (secondary N) is 1. The van der Waals surface area contributed by atoms with Crippen molar-refractivity contribution in [1.29, 1.82) is 0 Å². The minimum absolute atomic E-state index is 0.500. The highest BCUT2D eigenvalue weighted by Gasteiger charge is 2.05. The highest BCUT2D eigenvalue weighted by atomic mass is 16.5. The second-order valence-electron chi connectivity index (χ2n) is 6.50. The average molecular weight is 369 g/mol. The van der Waals surface area contributed by atoms with Crippen LogP contribution in [0.5, 0.6) is 11.5 Å². The Balaban J connectivity index is 1.37. The number of hydrogen-bond donors (Lipinski definition) is 1. The van der Waals surface area contributed by atoms with Gasteiger partial charge in [0, 0.05) is 23.2 Å². The van der Waals surface area contributed by atoms with Gasteiger partial charge in [-0.05, 0) is 29.7 Å². The Kier molecular flexibility index (Phi) is 5.74. The van der Waals surface area contributed by atoms with Gasteiger partial charge in [0.2, 0.25) is 0 Å². The summed E-state index contributed by atoms with van der Waals surface area (Å²) in [5.41, 5.74) is 2.25. The Morgan fingerprint density at radius 1 is 0.607 bits per heavy atom. The molecule has 4 rings (SSSR count). The van der Waals surface area contributed by atoms with E-state index in [1.54, 1.807) is 0 Å². The van der Waals surface area contributed by atoms with Gasteiger partial charge < -0.3 is 14.8 Å². The van der Waals surface area contributed by atoms with Crippen LogP contribution >= 0.6 is 0 Å². The minimum atomic E-state index is 0.500. The van der Waals surface area contributed by atoms with Crippen LogP contribution in [-0.4, -0.2) is 13.2 Å². The standard InChI is InChI=1S/C25H23NO2/c1-2-12-22(13-3-1)27-17-18-28-25-16-7-5-10-21(25)19-26-24-15-8-11-20-9-4-6-14-23(20)24/h1-16,26H,17-19H2. The van der Waals surface area contributed by atoms with Crippen LogP contribution in [0.3, 0.4) is 0 Å². The maximum absolute atomic E-state index is 5.97. The van der Waals surface area contributed by atoms with Crippen molar-refractivity contribution in [3.63, 3.8) is 0 Å². The average Bonchev–Trinajstić information content (AvgIpc) is 2.76. The van der Waals surface area contributed by atoms with Crippen molar-refractivity contribution in [3.8, 4) is 11.5 Å². The summed E-state index contributed by atoms with van der Waals surface area (Å²) < 4.78 is 11.7. The summed E-state index contributed by atoms with van der Waals surface area (Å²) in [6, 6.07) is 32.6. The van der Waals surface area contributed by atoms with E-state index in [-0.39, 0.29) is 0 Å². The molecule has 0 saturated heterocycles. The molecule has 3 nitrogen and oxygen atoms in total. The van der Waals surface area contributed by atoms with Crippen LogP contribution in [0, 0.1) is 0 Å². The molecule has 3 heteroatoms. The summed E-state index contributed by atoms with van der Waals surface area (Å²) in [4.78, 5) is 0. The van der Waals surface area contributed by atoms with Crippen LogP contribution in [0.1, 0.15) is 5.56 Å². The number of ether oxygens (including phenoxy) is 2. The number of benzene rings is 4. The zero-order chi connectivity index (χ0) is 19.0. The molecule has 0 bridgehead atoms. The van der Waals surface area contributed by atoms with E-state index < -0.39 is 0 Å². The van der Waals surface area contributed by atoms with Crippen LogP contribution in [-0.2, 0) is 6.54 Å². The first-order chi connectivity index (χ1) is 13.9. The quantitative estimate of drug-likeness (QED) is 0.392. The van der Waals surface area contributed by atoms with Gasteiger partial charge in [0.15, 0.2) is 0 Å². The number of para-hydroxylation sites is 2. The highest BCUT2D eigenvalue weighted by Crippen LogP contribution is 2.25. The molecule has 0 atom stereocenters. The monoisotopic (exact) mass is 369 g/mol. The molecule has 0 aliphatic rings. The number of hydrogen-bond acceptors (Lipinski definition) is 3. The third kappa shape index (κ3) is 4.44. The van der Waals surface area contributed by atoms with Crippen LogP contribution in [0.15, 0.2) is 97.1 Å². The molecule has 0 amide bonds. The molecule has 0 unspecified atom stereocenters. The summed E-state index contributed by atoms with van der Waals surface area (Å²) in [6.45, 7) is 1.71. The molecule has 4 aromatic carbocycles. The molecule has 4 aromatic rings. The lowest BCUT2D eigenvalue weighted by molar-refractivity contribution is 0.216. The Hall–Kier alpha value is -3.46. The molecular weight excluding hydrogens is 346 g/mol. The Morgan fingerprint density at radius 3 is 2.25 bits per heavy atom. The van der Waals surface area contributed by atoms with Crippen molar-refractivity contribution in [3.05, 3.63) is 103 Å². The summed E-state index contributed by atoms with van der Waals surface area (Å²) in [5.74, 6) is 1.74. The van der Waals surface area contributed by atoms with Gasteiger partial charge in [0.05, 0.1) is 0 Å². The van der Waals surface area contributed by atoms with Crippen molar-refractivity contribution < 1.29 is 9.47 Å². The lowest BCUT2D eigenvalue weighted by Crippen LogP contribution is -2.11. The first kappa shape index (κ1) is 17.9. The zero-order valence-corrected chi connectivity index (χ0v) is 15.7. The third-order valence-electron chi connectivity index (χ3n) is 4.58. The molecule has 0 fully saturated rings. The second-order valence-corrected chi connectivity index (χ2v) is 6.50. The zero-order valence-electron chi connectivity index (χ0n) is 15.7. The van der Waals surface area contributed by atoms with Crippen molar-refractivity contribution in [1.82, 2.24) is 0 Å². The van der Waals surface area contributed by atoms with Crippen LogP contribution < -0.4 is 14.8 Å². The van der Waals surface area contributed by atoms with Crippen molar-refractivity contribution in [2.75, 3.05) is 18.5 Å². The molecule has 1 N–H and O–H groups in total. The van der Waals surface area contributed by atoms with Crippen molar-refractivity contribution >= 4 is 16.5 Å². The molecule has 0 aliphatic carbocycles. The summed E-state index contributed by atoms with van der Waals surface area (Å²) in [7, 11) is 0. The topological polar surface area (TPSA) is 30.5 Å². The van der Waals surface area contributed by atoms with Gasteiger partial charge in [-0.15, -0.1) is 0 Å². The normalized spacial score (nSPS) is 10.6. The van der Waals surface area contributed by atoms with Crippen LogP contribution in [0.2, 0.25) is 0 Å². The molecular formula is C25H23NO2. The van der Waals surface area contributed by atoms with E-state index in [9.17, 15) is 0 Å². The minimum Gasteiger partial charge on any atom is -0.490 e. The van der Waals surface area contributed by atoms with E-state index in [1.165, 1.54) is 10.8 Å². The van der Waals surface area contributed by atoms with E-state index in [2.05, 4.69) is 53.8 Å². The Bertz CT molecular complexity index is 1030. The smallest absolute Gasteiger partial charge is 0.124 e. The van der Waals surface area contributed by atoms with Crippen LogP contribution in [0.25, 0.3) is 10.8 Å². The van der Waals surface area contributed by atoms with Gasteiger partial charge in [-0.2, -0.15) is 0 Å². The fourth-order valence-electron chi connectivity index (χ4n) is 3.19. The number of rotatable bonds is 8. The molecule has 0 heterocycles. The van der Waals surface area contributed by atoms with Gasteiger partial charge in [-0.1, -0.05) is 72.8 Å². The number of fused-ring (bicyclic) bond motifs is 1. The van der Waals surface area contributed by atoms with Gasteiger partial charge >= 0.3 is 0 Å². The molecule has 28 heavy (non-hydrogen) atoms. The maximum Gasteiger partial charge on any atom is 0.124 e. The Morgan fingerprint density at radius 2 is 1.32 bits per heavy atom. The molecule has 140 valence electrons. The fourth-order valence-corrected chi connectivity index (χ4v) is 3.19. The summed E-state index contributed by atoms with van der Waals surface area (Å²) in [6.07, 6.45) is 0. The fraction of sp³-hybridized carbons (Fsp3) is 0.120. The molecule has 0 radical (unpaired) electrons. The molecule has 0 spiro atoms. The van der Waals surface area contributed by atoms with E-state index >= 15 is 0 Å². The summed E-state index contributed by atoms with van der Waals surface area (Å²) in [5, 5.41) is 6.00. The summed E-state index contributed by atoms with van der Waals surface area (Å²) >= 11 is 0. The van der Waals surface area contributed by atoms with Gasteiger partial charge in [0.1, 0.15) is 24.7 Å². The predicted octanol–water partition coefficient (Wildman–Crippen LogP) is 5.91. The molecule has 0 saturated carbocycles. The van der Waals surface area contributed by atoms with E-state index in [4.69, 9.17) is 9.47 Å². The third-order valence-corrected chi connectivity index (χ3v) is 4.58. The highest BCUT2D eigenvalue weighted by molar-refractivity contribution is 5.93. The lowest BCUT2D eigenvalue weighted by Gasteiger charge is -2.14. The van der Waals surface area contributed by atoms with Gasteiger partial charge in [-0.3, -0.25) is 0 Å². The van der Waals surface area contributed by atoms with Crippen molar-refractivity contribution in [2.24, 2.45) is 0 Å². The van der Waals surface area contributed by atoms with E-state index in [0.29, 0.717) is 19.8 Å². The number of anilines is 1. The predicted molar refractivity (Wildman–Crippen MR) is 115 cm³/mol. The maximum atomic E-state index is 5.97. The molecule has 0 aromatic heterocycles. The van der Waals surface area contributed by atoms with Crippen molar-refractivity contribution in [2.45, 2.75) is 6.54 Å². The lowest BCUT2D eigenvalue weighted by atomic mass is 10.1. The Labute approximate surface area is 165 Å². The first-order valence-corrected chi connectivity index (χ1v) is 9.50. The van der Waals surface area contributed by atoms with E-state index in [0.717, 1.165) is 22.7 Å².